The highest BCUT2D eigenvalue weighted by molar-refractivity contribution is 5.86. The normalized spacial score (nSPS) is 13.9. The third-order valence-electron chi connectivity index (χ3n) is 3.95. The second kappa shape index (κ2) is 5.47. The van der Waals surface area contributed by atoms with Crippen LogP contribution in [-0.4, -0.2) is 0 Å². The Morgan fingerprint density at radius 3 is 2.15 bits per heavy atom. The minimum absolute atomic E-state index is 0.352. The third-order valence-corrected chi connectivity index (χ3v) is 3.95. The molecule has 1 heteroatoms. The number of anilines is 1. The van der Waals surface area contributed by atoms with Gasteiger partial charge in [0.1, 0.15) is 0 Å². The fourth-order valence-corrected chi connectivity index (χ4v) is 2.91. The van der Waals surface area contributed by atoms with Gasteiger partial charge in [-0.2, -0.15) is 0 Å². The van der Waals surface area contributed by atoms with Gasteiger partial charge in [0.25, 0.3) is 0 Å². The molecule has 2 aromatic carbocycles. The van der Waals surface area contributed by atoms with Crippen LogP contribution in [0, 0.1) is 11.3 Å². The summed E-state index contributed by atoms with van der Waals surface area (Å²) in [5.41, 5.74) is 8.49. The Morgan fingerprint density at radius 2 is 1.55 bits per heavy atom. The lowest BCUT2D eigenvalue weighted by atomic mass is 9.76. The highest BCUT2D eigenvalue weighted by atomic mass is 14.5. The van der Waals surface area contributed by atoms with Crippen LogP contribution in [0.1, 0.15) is 52.5 Å². The molecule has 1 nitrogen and oxygen atoms in total. The van der Waals surface area contributed by atoms with Gasteiger partial charge in [0.05, 0.1) is 0 Å². The lowest BCUT2D eigenvalue weighted by Crippen LogP contribution is -2.16. The van der Waals surface area contributed by atoms with E-state index in [1.54, 1.807) is 0 Å². The maximum Gasteiger partial charge on any atom is 0.0320 e. The van der Waals surface area contributed by atoms with Crippen LogP contribution in [0.15, 0.2) is 36.4 Å². The van der Waals surface area contributed by atoms with Gasteiger partial charge in [-0.15, -0.1) is 0 Å². The molecule has 0 aliphatic heterocycles. The fourth-order valence-electron chi connectivity index (χ4n) is 2.91. The van der Waals surface area contributed by atoms with Crippen molar-refractivity contribution < 1.29 is 0 Å². The molecule has 1 atom stereocenters. The molecule has 2 N–H and O–H groups in total. The van der Waals surface area contributed by atoms with E-state index in [2.05, 4.69) is 58.9 Å². The van der Waals surface area contributed by atoms with Gasteiger partial charge in [0.2, 0.25) is 0 Å². The second-order valence-electron chi connectivity index (χ2n) is 7.48. The minimum atomic E-state index is 0.352. The van der Waals surface area contributed by atoms with E-state index in [9.17, 15) is 0 Å². The highest BCUT2D eigenvalue weighted by Crippen LogP contribution is 2.37. The van der Waals surface area contributed by atoms with Gasteiger partial charge in [-0.25, -0.2) is 0 Å². The lowest BCUT2D eigenvalue weighted by molar-refractivity contribution is 0.301. The summed E-state index contributed by atoms with van der Waals surface area (Å²) in [5, 5.41) is 2.52. The summed E-state index contributed by atoms with van der Waals surface area (Å²) < 4.78 is 0. The molecule has 20 heavy (non-hydrogen) atoms. The highest BCUT2D eigenvalue weighted by Gasteiger charge is 2.23. The topological polar surface area (TPSA) is 26.0 Å². The van der Waals surface area contributed by atoms with Crippen LogP contribution < -0.4 is 5.73 Å². The fraction of sp³-hybridized carbons (Fsp3) is 0.474. The summed E-state index contributed by atoms with van der Waals surface area (Å²) in [6, 6.07) is 13.0. The van der Waals surface area contributed by atoms with Crippen LogP contribution in [0.2, 0.25) is 0 Å². The van der Waals surface area contributed by atoms with Crippen LogP contribution in [0.25, 0.3) is 10.8 Å². The molecule has 108 valence electrons. The Hall–Kier alpha value is -1.50. The van der Waals surface area contributed by atoms with Crippen LogP contribution in [0.3, 0.4) is 0 Å². The van der Waals surface area contributed by atoms with Gasteiger partial charge >= 0.3 is 0 Å². The molecule has 0 saturated heterocycles. The predicted molar refractivity (Wildman–Crippen MR) is 90.0 cm³/mol. The number of fused-ring (bicyclic) bond motifs is 1. The molecule has 0 amide bonds. The number of nitrogens with two attached hydrogens (primary N) is 1. The molecule has 1 unspecified atom stereocenters. The number of rotatable bonds is 3. The van der Waals surface area contributed by atoms with E-state index in [-0.39, 0.29) is 0 Å². The second-order valence-corrected chi connectivity index (χ2v) is 7.48. The van der Waals surface area contributed by atoms with Crippen LogP contribution >= 0.6 is 0 Å². The van der Waals surface area contributed by atoms with E-state index in [1.165, 1.54) is 22.8 Å². The van der Waals surface area contributed by atoms with Crippen molar-refractivity contribution in [2.24, 2.45) is 11.3 Å². The van der Waals surface area contributed by atoms with E-state index >= 15 is 0 Å². The first-order chi connectivity index (χ1) is 9.26. The lowest BCUT2D eigenvalue weighted by Gasteiger charge is -2.29. The molecule has 0 saturated carbocycles. The zero-order valence-electron chi connectivity index (χ0n) is 13.4. The zero-order chi connectivity index (χ0) is 14.9. The molecule has 0 aliphatic carbocycles. The number of hydrogen-bond donors (Lipinski definition) is 1. The summed E-state index contributed by atoms with van der Waals surface area (Å²) in [6.07, 6.45) is 1.21. The van der Waals surface area contributed by atoms with Gasteiger partial charge in [0, 0.05) is 5.69 Å². The van der Waals surface area contributed by atoms with Crippen LogP contribution in [-0.2, 0) is 0 Å². The largest absolute Gasteiger partial charge is 0.399 e. The Bertz CT molecular complexity index is 590. The summed E-state index contributed by atoms with van der Waals surface area (Å²) in [5.74, 6) is 1.26. The first kappa shape index (κ1) is 14.9. The third kappa shape index (κ3) is 3.53. The standard InChI is InChI=1S/C19H27N/c1-13(2)18(12-19(3,4)5)16-7-6-15-11-17(20)9-8-14(15)10-16/h6-11,13,18H,12,20H2,1-5H3. The monoisotopic (exact) mass is 269 g/mol. The smallest absolute Gasteiger partial charge is 0.0320 e. The maximum absolute atomic E-state index is 5.85. The van der Waals surface area contributed by atoms with Crippen LogP contribution in [0.5, 0.6) is 0 Å². The van der Waals surface area contributed by atoms with Crippen molar-refractivity contribution in [3.8, 4) is 0 Å². The maximum atomic E-state index is 5.85. The molecular weight excluding hydrogens is 242 g/mol. The van der Waals surface area contributed by atoms with Gasteiger partial charge in [-0.3, -0.25) is 0 Å². The first-order valence-electron chi connectivity index (χ1n) is 7.55. The van der Waals surface area contributed by atoms with Crippen molar-refractivity contribution in [1.29, 1.82) is 0 Å². The van der Waals surface area contributed by atoms with E-state index in [0.717, 1.165) is 5.69 Å². The van der Waals surface area contributed by atoms with Crippen molar-refractivity contribution in [2.45, 2.75) is 47.0 Å². The Kier molecular flexibility index (Phi) is 4.08. The van der Waals surface area contributed by atoms with Crippen molar-refractivity contribution >= 4 is 16.5 Å². The molecule has 0 heterocycles. The predicted octanol–water partition coefficient (Wildman–Crippen LogP) is 5.60. The van der Waals surface area contributed by atoms with E-state index in [1.807, 2.05) is 12.1 Å². The molecule has 0 radical (unpaired) electrons. The average molecular weight is 269 g/mol. The van der Waals surface area contributed by atoms with Crippen molar-refractivity contribution in [1.82, 2.24) is 0 Å². The summed E-state index contributed by atoms with van der Waals surface area (Å²) in [6.45, 7) is 11.6. The number of benzene rings is 2. The Morgan fingerprint density at radius 1 is 0.950 bits per heavy atom. The molecular formula is C19H27N. The van der Waals surface area contributed by atoms with Crippen molar-refractivity contribution in [3.63, 3.8) is 0 Å². The summed E-state index contributed by atoms with van der Waals surface area (Å²) in [7, 11) is 0. The van der Waals surface area contributed by atoms with E-state index in [0.29, 0.717) is 17.3 Å². The van der Waals surface area contributed by atoms with Crippen LogP contribution in [0.4, 0.5) is 5.69 Å². The van der Waals surface area contributed by atoms with Gasteiger partial charge in [-0.05, 0) is 52.1 Å². The van der Waals surface area contributed by atoms with Crippen molar-refractivity contribution in [3.05, 3.63) is 42.0 Å². The van der Waals surface area contributed by atoms with E-state index < -0.39 is 0 Å². The quantitative estimate of drug-likeness (QED) is 0.721. The van der Waals surface area contributed by atoms with Gasteiger partial charge in [0.15, 0.2) is 0 Å². The Labute approximate surface area is 123 Å². The molecule has 0 aliphatic rings. The molecule has 2 aromatic rings. The molecule has 0 aromatic heterocycles. The summed E-state index contributed by atoms with van der Waals surface area (Å²) in [4.78, 5) is 0. The average Bonchev–Trinajstić information content (AvgIpc) is 2.34. The van der Waals surface area contributed by atoms with Gasteiger partial charge in [-0.1, -0.05) is 58.9 Å². The minimum Gasteiger partial charge on any atom is -0.399 e. The SMILES string of the molecule is CC(C)C(CC(C)(C)C)c1ccc2cc(N)ccc2c1. The Balaban J connectivity index is 2.41. The molecule has 0 bridgehead atoms. The zero-order valence-corrected chi connectivity index (χ0v) is 13.4. The number of hydrogen-bond acceptors (Lipinski definition) is 1. The number of nitrogen functional groups attached to an aromatic ring is 1. The van der Waals surface area contributed by atoms with Gasteiger partial charge < -0.3 is 5.73 Å². The molecule has 0 fully saturated rings. The van der Waals surface area contributed by atoms with E-state index in [4.69, 9.17) is 5.73 Å². The molecule has 2 rings (SSSR count). The first-order valence-corrected chi connectivity index (χ1v) is 7.55. The molecule has 0 spiro atoms. The van der Waals surface area contributed by atoms with Crippen molar-refractivity contribution in [2.75, 3.05) is 5.73 Å². The summed E-state index contributed by atoms with van der Waals surface area (Å²) >= 11 is 0.